The number of hydrogen-bond acceptors (Lipinski definition) is 2. The molecule has 2 heterocycles. The van der Waals surface area contributed by atoms with Crippen molar-refractivity contribution in [2.45, 2.75) is 64.6 Å². The molecular weight excluding hydrogens is 208 g/mol. The van der Waals surface area contributed by atoms with Crippen molar-refractivity contribution in [3.63, 3.8) is 0 Å². The summed E-state index contributed by atoms with van der Waals surface area (Å²) in [5.74, 6) is 2.80. The second-order valence-corrected chi connectivity index (χ2v) is 6.85. The molecule has 3 rings (SSSR count). The number of nitrogens with zero attached hydrogens (tertiary/aromatic N) is 1. The van der Waals surface area contributed by atoms with Crippen molar-refractivity contribution in [1.82, 2.24) is 10.2 Å². The van der Waals surface area contributed by atoms with Gasteiger partial charge in [0.05, 0.1) is 6.17 Å². The average molecular weight is 236 g/mol. The van der Waals surface area contributed by atoms with Crippen molar-refractivity contribution in [2.24, 2.45) is 17.8 Å². The third kappa shape index (κ3) is 2.39. The number of piperidine rings is 1. The highest BCUT2D eigenvalue weighted by atomic mass is 15.4. The molecule has 0 amide bonds. The fourth-order valence-corrected chi connectivity index (χ4v) is 4.25. The van der Waals surface area contributed by atoms with Crippen LogP contribution in [0.15, 0.2) is 0 Å². The van der Waals surface area contributed by atoms with Crippen molar-refractivity contribution >= 4 is 0 Å². The predicted molar refractivity (Wildman–Crippen MR) is 71.8 cm³/mol. The molecule has 2 nitrogen and oxygen atoms in total. The van der Waals surface area contributed by atoms with Gasteiger partial charge in [0.25, 0.3) is 0 Å². The molecule has 3 unspecified atom stereocenters. The van der Waals surface area contributed by atoms with Crippen LogP contribution < -0.4 is 5.32 Å². The van der Waals surface area contributed by atoms with Crippen molar-refractivity contribution in [3.8, 4) is 0 Å². The summed E-state index contributed by atoms with van der Waals surface area (Å²) >= 11 is 0. The molecule has 0 aromatic carbocycles. The van der Waals surface area contributed by atoms with Crippen LogP contribution in [0, 0.1) is 17.8 Å². The molecule has 3 aliphatic rings. The third-order valence-corrected chi connectivity index (χ3v) is 5.48. The maximum atomic E-state index is 3.95. The number of fused-ring (bicyclic) bond motifs is 1. The van der Waals surface area contributed by atoms with E-state index in [1.165, 1.54) is 51.6 Å². The van der Waals surface area contributed by atoms with Crippen LogP contribution in [0.25, 0.3) is 0 Å². The van der Waals surface area contributed by atoms with Crippen LogP contribution in [0.1, 0.15) is 52.4 Å². The van der Waals surface area contributed by atoms with Gasteiger partial charge in [-0.1, -0.05) is 26.7 Å². The molecule has 1 saturated carbocycles. The van der Waals surface area contributed by atoms with Gasteiger partial charge >= 0.3 is 0 Å². The zero-order valence-corrected chi connectivity index (χ0v) is 11.5. The summed E-state index contributed by atoms with van der Waals surface area (Å²) < 4.78 is 0. The number of rotatable bonds is 1. The zero-order chi connectivity index (χ0) is 11.8. The molecule has 3 fully saturated rings. The average Bonchev–Trinajstić information content (AvgIpc) is 2.75. The van der Waals surface area contributed by atoms with Gasteiger partial charge in [0.1, 0.15) is 0 Å². The smallest absolute Gasteiger partial charge is 0.0626 e. The minimum atomic E-state index is 0.702. The van der Waals surface area contributed by atoms with E-state index in [-0.39, 0.29) is 0 Å². The lowest BCUT2D eigenvalue weighted by Crippen LogP contribution is -2.46. The summed E-state index contributed by atoms with van der Waals surface area (Å²) in [6.45, 7) is 7.51. The van der Waals surface area contributed by atoms with E-state index in [2.05, 4.69) is 24.1 Å². The van der Waals surface area contributed by atoms with Crippen molar-refractivity contribution in [1.29, 1.82) is 0 Å². The largest absolute Gasteiger partial charge is 0.297 e. The molecule has 2 heteroatoms. The van der Waals surface area contributed by atoms with Crippen molar-refractivity contribution in [2.75, 3.05) is 13.1 Å². The van der Waals surface area contributed by atoms with Gasteiger partial charge in [0.2, 0.25) is 0 Å². The summed E-state index contributed by atoms with van der Waals surface area (Å²) in [7, 11) is 0. The standard InChI is InChI=1S/C15H28N2/c1-11-5-7-13(8-6-11)14-10-17-9-3-4-12(2)15(17)16-14/h11-16H,3-10H2,1-2H3. The Labute approximate surface area is 106 Å². The molecule has 1 N–H and O–H groups in total. The Balaban J connectivity index is 1.59. The van der Waals surface area contributed by atoms with Crippen LogP contribution in [0.2, 0.25) is 0 Å². The Bertz CT molecular complexity index is 258. The predicted octanol–water partition coefficient (Wildman–Crippen LogP) is 2.84. The Kier molecular flexibility index (Phi) is 3.45. The van der Waals surface area contributed by atoms with E-state index >= 15 is 0 Å². The minimum Gasteiger partial charge on any atom is -0.297 e. The zero-order valence-electron chi connectivity index (χ0n) is 11.5. The summed E-state index contributed by atoms with van der Waals surface area (Å²) in [5.41, 5.74) is 0. The van der Waals surface area contributed by atoms with Gasteiger partial charge in [-0.2, -0.15) is 0 Å². The molecule has 0 aromatic heterocycles. The first kappa shape index (κ1) is 12.0. The van der Waals surface area contributed by atoms with Gasteiger partial charge in [-0.3, -0.25) is 10.2 Å². The summed E-state index contributed by atoms with van der Waals surface area (Å²) in [4.78, 5) is 2.72. The molecule has 17 heavy (non-hydrogen) atoms. The molecule has 1 aliphatic carbocycles. The fraction of sp³-hybridized carbons (Fsp3) is 1.00. The van der Waals surface area contributed by atoms with Gasteiger partial charge in [-0.05, 0) is 50.0 Å². The highest BCUT2D eigenvalue weighted by Crippen LogP contribution is 2.35. The topological polar surface area (TPSA) is 15.3 Å². The summed E-state index contributed by atoms with van der Waals surface area (Å²) in [5, 5.41) is 3.95. The van der Waals surface area contributed by atoms with Gasteiger partial charge in [-0.25, -0.2) is 0 Å². The van der Waals surface area contributed by atoms with E-state index in [4.69, 9.17) is 0 Å². The molecule has 2 aliphatic heterocycles. The van der Waals surface area contributed by atoms with E-state index in [1.54, 1.807) is 0 Å². The van der Waals surface area contributed by atoms with Crippen molar-refractivity contribution in [3.05, 3.63) is 0 Å². The minimum absolute atomic E-state index is 0.702. The first-order valence-electron chi connectivity index (χ1n) is 7.74. The second kappa shape index (κ2) is 4.89. The molecule has 0 spiro atoms. The van der Waals surface area contributed by atoms with Crippen LogP contribution in [-0.4, -0.2) is 30.2 Å². The van der Waals surface area contributed by atoms with E-state index in [0.29, 0.717) is 6.17 Å². The highest BCUT2D eigenvalue weighted by molar-refractivity contribution is 4.95. The lowest BCUT2D eigenvalue weighted by Gasteiger charge is -2.34. The van der Waals surface area contributed by atoms with Crippen molar-refractivity contribution < 1.29 is 0 Å². The fourth-order valence-electron chi connectivity index (χ4n) is 4.25. The Hall–Kier alpha value is -0.0800. The Morgan fingerprint density at radius 2 is 1.76 bits per heavy atom. The van der Waals surface area contributed by atoms with Crippen LogP contribution in [0.5, 0.6) is 0 Å². The van der Waals surface area contributed by atoms with Crippen LogP contribution in [0.3, 0.4) is 0 Å². The molecule has 0 radical (unpaired) electrons. The number of hydrogen-bond donors (Lipinski definition) is 1. The normalized spacial score (nSPS) is 48.0. The lowest BCUT2D eigenvalue weighted by atomic mass is 9.79. The first-order valence-corrected chi connectivity index (χ1v) is 7.74. The molecular formula is C15H28N2. The monoisotopic (exact) mass is 236 g/mol. The van der Waals surface area contributed by atoms with Gasteiger partial charge in [-0.15, -0.1) is 0 Å². The first-order chi connectivity index (χ1) is 8.24. The summed E-state index contributed by atoms with van der Waals surface area (Å²) in [6.07, 6.45) is 9.39. The van der Waals surface area contributed by atoms with Crippen LogP contribution >= 0.6 is 0 Å². The molecule has 98 valence electrons. The van der Waals surface area contributed by atoms with E-state index in [0.717, 1.165) is 23.8 Å². The molecule has 0 aromatic rings. The highest BCUT2D eigenvalue weighted by Gasteiger charge is 2.40. The maximum absolute atomic E-state index is 3.95. The Morgan fingerprint density at radius 3 is 2.47 bits per heavy atom. The molecule has 3 atom stereocenters. The second-order valence-electron chi connectivity index (χ2n) is 6.85. The van der Waals surface area contributed by atoms with E-state index in [9.17, 15) is 0 Å². The third-order valence-electron chi connectivity index (χ3n) is 5.48. The SMILES string of the molecule is CC1CCC(C2CN3CCCC(C)C3N2)CC1. The quantitative estimate of drug-likeness (QED) is 0.753. The Morgan fingerprint density at radius 1 is 1.00 bits per heavy atom. The van der Waals surface area contributed by atoms with E-state index in [1.807, 2.05) is 0 Å². The van der Waals surface area contributed by atoms with Gasteiger partial charge in [0, 0.05) is 12.6 Å². The molecule has 2 saturated heterocycles. The van der Waals surface area contributed by atoms with Crippen LogP contribution in [-0.2, 0) is 0 Å². The van der Waals surface area contributed by atoms with E-state index < -0.39 is 0 Å². The van der Waals surface area contributed by atoms with Gasteiger partial charge in [0.15, 0.2) is 0 Å². The maximum Gasteiger partial charge on any atom is 0.0626 e. The van der Waals surface area contributed by atoms with Gasteiger partial charge < -0.3 is 0 Å². The number of nitrogens with one attached hydrogen (secondary N) is 1. The molecule has 0 bridgehead atoms. The van der Waals surface area contributed by atoms with Crippen LogP contribution in [0.4, 0.5) is 0 Å². The summed E-state index contributed by atoms with van der Waals surface area (Å²) in [6, 6.07) is 0.799. The lowest BCUT2D eigenvalue weighted by molar-refractivity contribution is 0.131.